The number of hydrogen-bond acceptors (Lipinski definition) is 4. The van der Waals surface area contributed by atoms with Gasteiger partial charge in [0.15, 0.2) is 0 Å². The summed E-state index contributed by atoms with van der Waals surface area (Å²) in [6.45, 7) is 6.87. The van der Waals surface area contributed by atoms with Crippen LogP contribution in [0.25, 0.3) is 0 Å². The minimum atomic E-state index is -1.55. The minimum Gasteiger partial charge on any atom is -0.390 e. The third kappa shape index (κ3) is 1.96. The van der Waals surface area contributed by atoms with E-state index in [2.05, 4.69) is 0 Å². The van der Waals surface area contributed by atoms with Crippen molar-refractivity contribution in [2.24, 2.45) is 11.3 Å². The van der Waals surface area contributed by atoms with Gasteiger partial charge in [-0.1, -0.05) is 6.92 Å². The second kappa shape index (κ2) is 4.17. The average Bonchev–Trinajstić information content (AvgIpc) is 2.22. The molecule has 5 unspecified atom stereocenters. The number of fused-ring (bicyclic) bond motifs is 1. The second-order valence-electron chi connectivity index (χ2n) is 7.70. The Kier molecular flexibility index (Phi) is 3.34. The Bertz CT molecular complexity index is 360. The molecule has 0 spiro atoms. The highest BCUT2D eigenvalue weighted by atomic mass is 16.4. The smallest absolute Gasteiger partial charge is 0.124 e. The van der Waals surface area contributed by atoms with Crippen LogP contribution in [0, 0.1) is 11.3 Å². The first-order valence-electron chi connectivity index (χ1n) is 7.31. The highest BCUT2D eigenvalue weighted by Crippen LogP contribution is 2.59. The normalized spacial score (nSPS) is 51.8. The number of rotatable bonds is 1. The van der Waals surface area contributed by atoms with Gasteiger partial charge in [-0.25, -0.2) is 0 Å². The lowest BCUT2D eigenvalue weighted by molar-refractivity contribution is -0.306. The summed E-state index contributed by atoms with van der Waals surface area (Å²) in [5.74, 6) is -0.421. The van der Waals surface area contributed by atoms with Crippen LogP contribution in [0.1, 0.15) is 59.8 Å². The van der Waals surface area contributed by atoms with Gasteiger partial charge in [0, 0.05) is 11.3 Å². The van der Waals surface area contributed by atoms with Gasteiger partial charge in [-0.05, 0) is 52.9 Å². The number of aliphatic hydroxyl groups excluding tert-OH is 1. The Balaban J connectivity index is 2.46. The highest BCUT2D eigenvalue weighted by Gasteiger charge is 2.67. The molecule has 4 nitrogen and oxygen atoms in total. The zero-order valence-corrected chi connectivity index (χ0v) is 12.5. The van der Waals surface area contributed by atoms with Crippen LogP contribution >= 0.6 is 0 Å². The van der Waals surface area contributed by atoms with E-state index in [0.29, 0.717) is 19.3 Å². The van der Waals surface area contributed by atoms with Crippen molar-refractivity contribution in [2.75, 3.05) is 0 Å². The summed E-state index contributed by atoms with van der Waals surface area (Å²) in [6.07, 6.45) is 2.40. The van der Waals surface area contributed by atoms with Crippen molar-refractivity contribution in [1.82, 2.24) is 0 Å². The Morgan fingerprint density at radius 2 is 1.63 bits per heavy atom. The largest absolute Gasteiger partial charge is 0.390 e. The maximum absolute atomic E-state index is 11.2. The molecule has 0 heterocycles. The summed E-state index contributed by atoms with van der Waals surface area (Å²) in [6, 6.07) is 0. The lowest BCUT2D eigenvalue weighted by atomic mass is 9.48. The zero-order chi connectivity index (χ0) is 14.7. The van der Waals surface area contributed by atoms with Crippen LogP contribution < -0.4 is 0 Å². The molecule has 2 saturated carbocycles. The summed E-state index contributed by atoms with van der Waals surface area (Å²) < 4.78 is 0. The lowest BCUT2D eigenvalue weighted by Gasteiger charge is -2.63. The molecule has 2 aliphatic carbocycles. The van der Waals surface area contributed by atoms with Gasteiger partial charge in [0.1, 0.15) is 5.60 Å². The molecule has 0 aromatic heterocycles. The molecule has 2 fully saturated rings. The van der Waals surface area contributed by atoms with Crippen LogP contribution in [-0.4, -0.2) is 43.3 Å². The molecule has 0 amide bonds. The quantitative estimate of drug-likeness (QED) is 0.578. The summed E-state index contributed by atoms with van der Waals surface area (Å²) in [5, 5.41) is 42.7. The molecule has 0 aromatic rings. The summed E-state index contributed by atoms with van der Waals surface area (Å²) >= 11 is 0. The van der Waals surface area contributed by atoms with E-state index in [1.54, 1.807) is 20.8 Å². The second-order valence-corrected chi connectivity index (χ2v) is 7.70. The van der Waals surface area contributed by atoms with Gasteiger partial charge in [0.2, 0.25) is 0 Å². The molecular formula is C15H28O4. The fraction of sp³-hybridized carbons (Fsp3) is 1.00. The molecule has 0 aromatic carbocycles. The van der Waals surface area contributed by atoms with E-state index in [-0.39, 0.29) is 0 Å². The predicted molar refractivity (Wildman–Crippen MR) is 72.6 cm³/mol. The molecule has 2 rings (SSSR count). The maximum Gasteiger partial charge on any atom is 0.124 e. The standard InChI is InChI=1S/C15H28O4/c1-12(2,17)10-6-9-13(3)7-5-8-14(4,18)15(13,19)11(10)16/h10-11,16-19H,5-9H2,1-4H3. The molecule has 112 valence electrons. The van der Waals surface area contributed by atoms with Gasteiger partial charge < -0.3 is 20.4 Å². The Morgan fingerprint density at radius 1 is 1.05 bits per heavy atom. The molecule has 0 bridgehead atoms. The van der Waals surface area contributed by atoms with E-state index in [9.17, 15) is 20.4 Å². The predicted octanol–water partition coefficient (Wildman–Crippen LogP) is 1.20. The van der Waals surface area contributed by atoms with Crippen LogP contribution in [0.4, 0.5) is 0 Å². The van der Waals surface area contributed by atoms with Gasteiger partial charge in [0.05, 0.1) is 17.3 Å². The van der Waals surface area contributed by atoms with E-state index in [1.165, 1.54) is 0 Å². The Hall–Kier alpha value is -0.160. The van der Waals surface area contributed by atoms with E-state index in [0.717, 1.165) is 12.8 Å². The fourth-order valence-electron chi connectivity index (χ4n) is 4.51. The molecule has 0 radical (unpaired) electrons. The van der Waals surface area contributed by atoms with Gasteiger partial charge >= 0.3 is 0 Å². The third-order valence-electron chi connectivity index (χ3n) is 5.86. The number of hydrogen-bond donors (Lipinski definition) is 4. The van der Waals surface area contributed by atoms with Crippen molar-refractivity contribution in [3.05, 3.63) is 0 Å². The fourth-order valence-corrected chi connectivity index (χ4v) is 4.51. The van der Waals surface area contributed by atoms with Gasteiger partial charge in [-0.3, -0.25) is 0 Å². The lowest BCUT2D eigenvalue weighted by Crippen LogP contribution is -2.74. The van der Waals surface area contributed by atoms with Crippen LogP contribution in [0.2, 0.25) is 0 Å². The summed E-state index contributed by atoms with van der Waals surface area (Å²) in [7, 11) is 0. The SMILES string of the molecule is CC(C)(O)C1CCC2(C)CCCC(C)(O)C2(O)C1O. The van der Waals surface area contributed by atoms with E-state index in [1.807, 2.05) is 6.92 Å². The zero-order valence-electron chi connectivity index (χ0n) is 12.5. The topological polar surface area (TPSA) is 80.9 Å². The van der Waals surface area contributed by atoms with Crippen LogP contribution in [0.5, 0.6) is 0 Å². The average molecular weight is 272 g/mol. The van der Waals surface area contributed by atoms with Crippen LogP contribution in [-0.2, 0) is 0 Å². The van der Waals surface area contributed by atoms with Gasteiger partial charge in [0.25, 0.3) is 0 Å². The van der Waals surface area contributed by atoms with Gasteiger partial charge in [-0.15, -0.1) is 0 Å². The van der Waals surface area contributed by atoms with Crippen molar-refractivity contribution in [3.63, 3.8) is 0 Å². The molecule has 19 heavy (non-hydrogen) atoms. The first-order chi connectivity index (χ1) is 8.46. The van der Waals surface area contributed by atoms with Crippen molar-refractivity contribution in [1.29, 1.82) is 0 Å². The molecule has 5 atom stereocenters. The van der Waals surface area contributed by atoms with Gasteiger partial charge in [-0.2, -0.15) is 0 Å². The molecule has 0 saturated heterocycles. The molecule has 4 N–H and O–H groups in total. The summed E-state index contributed by atoms with van der Waals surface area (Å²) in [5.41, 5.74) is -4.43. The third-order valence-corrected chi connectivity index (χ3v) is 5.86. The van der Waals surface area contributed by atoms with Crippen LogP contribution in [0.3, 0.4) is 0 Å². The number of aliphatic hydroxyl groups is 4. The Morgan fingerprint density at radius 3 is 2.16 bits per heavy atom. The molecular weight excluding hydrogens is 244 g/mol. The van der Waals surface area contributed by atoms with Crippen molar-refractivity contribution >= 4 is 0 Å². The molecule has 0 aliphatic heterocycles. The molecule has 2 aliphatic rings. The van der Waals surface area contributed by atoms with E-state index in [4.69, 9.17) is 0 Å². The monoisotopic (exact) mass is 272 g/mol. The minimum absolute atomic E-state index is 0.421. The summed E-state index contributed by atoms with van der Waals surface area (Å²) in [4.78, 5) is 0. The van der Waals surface area contributed by atoms with Crippen molar-refractivity contribution < 1.29 is 20.4 Å². The van der Waals surface area contributed by atoms with Crippen molar-refractivity contribution in [3.8, 4) is 0 Å². The maximum atomic E-state index is 11.2. The van der Waals surface area contributed by atoms with Crippen molar-refractivity contribution in [2.45, 2.75) is 82.7 Å². The van der Waals surface area contributed by atoms with E-state index < -0.39 is 34.2 Å². The first-order valence-corrected chi connectivity index (χ1v) is 7.31. The molecule has 4 heteroatoms. The Labute approximate surface area is 115 Å². The van der Waals surface area contributed by atoms with Crippen LogP contribution in [0.15, 0.2) is 0 Å². The van der Waals surface area contributed by atoms with E-state index >= 15 is 0 Å². The highest BCUT2D eigenvalue weighted by molar-refractivity contribution is 5.18. The first kappa shape index (κ1) is 15.2.